The molecular weight excluding hydrogens is 340 g/mol. The molecule has 0 bridgehead atoms. The lowest BCUT2D eigenvalue weighted by atomic mass is 10.1. The summed E-state index contributed by atoms with van der Waals surface area (Å²) in [6, 6.07) is 9.31. The first-order chi connectivity index (χ1) is 12.4. The molecule has 136 valence electrons. The lowest BCUT2D eigenvalue weighted by Crippen LogP contribution is -2.35. The first-order valence-electron chi connectivity index (χ1n) is 7.80. The number of furan rings is 1. The zero-order valence-electron chi connectivity index (χ0n) is 14.3. The van der Waals surface area contributed by atoms with Gasteiger partial charge in [0.05, 0.1) is 6.26 Å². The van der Waals surface area contributed by atoms with Crippen LogP contribution in [0.1, 0.15) is 34.8 Å². The van der Waals surface area contributed by atoms with E-state index in [0.717, 1.165) is 0 Å². The minimum absolute atomic E-state index is 0.0672. The number of esters is 1. The molecule has 0 spiro atoms. The van der Waals surface area contributed by atoms with Gasteiger partial charge >= 0.3 is 5.97 Å². The van der Waals surface area contributed by atoms with Gasteiger partial charge in [-0.15, -0.1) is 0 Å². The van der Waals surface area contributed by atoms with E-state index in [1.807, 2.05) is 0 Å². The highest BCUT2D eigenvalue weighted by Crippen LogP contribution is 2.11. The van der Waals surface area contributed by atoms with Gasteiger partial charge in [-0.25, -0.2) is 0 Å². The van der Waals surface area contributed by atoms with Crippen molar-refractivity contribution in [1.29, 1.82) is 0 Å². The molecule has 0 aliphatic rings. The fourth-order valence-corrected chi connectivity index (χ4v) is 1.97. The minimum atomic E-state index is -1.06. The maximum absolute atomic E-state index is 12.0. The van der Waals surface area contributed by atoms with E-state index in [9.17, 15) is 19.2 Å². The molecule has 0 fully saturated rings. The van der Waals surface area contributed by atoms with Crippen LogP contribution in [0, 0.1) is 0 Å². The number of hydrogen-bond donors (Lipinski definition) is 2. The summed E-state index contributed by atoms with van der Waals surface area (Å²) in [6.07, 6.45) is 0.276. The Kier molecular flexibility index (Phi) is 6.26. The Morgan fingerprint density at radius 3 is 2.38 bits per heavy atom. The average Bonchev–Trinajstić information content (AvgIpc) is 3.14. The highest BCUT2D eigenvalue weighted by atomic mass is 16.5. The average molecular weight is 358 g/mol. The quantitative estimate of drug-likeness (QED) is 0.576. The third-order valence-corrected chi connectivity index (χ3v) is 3.37. The van der Waals surface area contributed by atoms with E-state index in [-0.39, 0.29) is 11.5 Å². The molecule has 0 saturated carbocycles. The largest absolute Gasteiger partial charge is 0.459 e. The molecule has 0 aliphatic carbocycles. The monoisotopic (exact) mass is 358 g/mol. The number of amides is 2. The van der Waals surface area contributed by atoms with Crippen LogP contribution in [-0.2, 0) is 14.3 Å². The van der Waals surface area contributed by atoms with Gasteiger partial charge in [0.15, 0.2) is 17.6 Å². The Labute approximate surface area is 149 Å². The van der Waals surface area contributed by atoms with E-state index in [1.165, 1.54) is 26.2 Å². The summed E-state index contributed by atoms with van der Waals surface area (Å²) in [5.41, 5.74) is 0.990. The van der Waals surface area contributed by atoms with Crippen molar-refractivity contribution >= 4 is 29.3 Å². The molecule has 2 rings (SSSR count). The maximum Gasteiger partial charge on any atom is 0.326 e. The first-order valence-corrected chi connectivity index (χ1v) is 7.80. The normalized spacial score (nSPS) is 11.3. The topological polar surface area (TPSA) is 115 Å². The van der Waals surface area contributed by atoms with Crippen LogP contribution in [0.4, 0.5) is 5.69 Å². The number of carbonyl (C=O) groups is 4. The van der Waals surface area contributed by atoms with Crippen molar-refractivity contribution in [2.75, 3.05) is 11.9 Å². The van der Waals surface area contributed by atoms with Gasteiger partial charge in [-0.05, 0) is 50.2 Å². The SMILES string of the molecule is CC(=O)c1ccc(NC(=O)[C@@H](C)OC(=O)CNC(=O)c2ccco2)cc1. The second-order valence-electron chi connectivity index (χ2n) is 5.41. The van der Waals surface area contributed by atoms with Crippen LogP contribution in [0.2, 0.25) is 0 Å². The molecule has 1 heterocycles. The highest BCUT2D eigenvalue weighted by Gasteiger charge is 2.19. The van der Waals surface area contributed by atoms with E-state index in [2.05, 4.69) is 10.6 Å². The van der Waals surface area contributed by atoms with E-state index < -0.39 is 30.4 Å². The molecule has 0 aliphatic heterocycles. The van der Waals surface area contributed by atoms with Crippen LogP contribution in [0.5, 0.6) is 0 Å². The van der Waals surface area contributed by atoms with Crippen molar-refractivity contribution in [2.45, 2.75) is 20.0 Å². The Hall–Kier alpha value is -3.42. The summed E-state index contributed by atoms with van der Waals surface area (Å²) in [6.45, 7) is 2.45. The molecule has 8 heteroatoms. The van der Waals surface area contributed by atoms with Crippen molar-refractivity contribution < 1.29 is 28.3 Å². The number of benzene rings is 1. The lowest BCUT2D eigenvalue weighted by molar-refractivity contribution is -0.152. The Bertz CT molecular complexity index is 796. The van der Waals surface area contributed by atoms with E-state index in [1.54, 1.807) is 30.3 Å². The van der Waals surface area contributed by atoms with Crippen molar-refractivity contribution in [3.05, 3.63) is 54.0 Å². The van der Waals surface area contributed by atoms with Crippen molar-refractivity contribution in [2.24, 2.45) is 0 Å². The molecule has 1 aromatic carbocycles. The van der Waals surface area contributed by atoms with Crippen LogP contribution >= 0.6 is 0 Å². The number of hydrogen-bond acceptors (Lipinski definition) is 6. The van der Waals surface area contributed by atoms with Gasteiger partial charge in [0.1, 0.15) is 6.54 Å². The number of ether oxygens (including phenoxy) is 1. The van der Waals surface area contributed by atoms with Crippen LogP contribution in [0.25, 0.3) is 0 Å². The predicted molar refractivity (Wildman–Crippen MR) is 91.7 cm³/mol. The molecule has 2 N–H and O–H groups in total. The number of anilines is 1. The molecular formula is C18H18N2O6. The number of Topliss-reactive ketones (excluding diaryl/α,β-unsaturated/α-hetero) is 1. The van der Waals surface area contributed by atoms with Gasteiger partial charge in [-0.3, -0.25) is 19.2 Å². The van der Waals surface area contributed by atoms with Gasteiger partial charge in [0, 0.05) is 11.3 Å². The molecule has 2 amide bonds. The van der Waals surface area contributed by atoms with Crippen LogP contribution < -0.4 is 10.6 Å². The molecule has 1 atom stereocenters. The second-order valence-corrected chi connectivity index (χ2v) is 5.41. The van der Waals surface area contributed by atoms with E-state index in [0.29, 0.717) is 11.3 Å². The molecule has 0 unspecified atom stereocenters. The molecule has 2 aromatic rings. The van der Waals surface area contributed by atoms with Gasteiger partial charge in [0.2, 0.25) is 0 Å². The summed E-state index contributed by atoms with van der Waals surface area (Å²) >= 11 is 0. The summed E-state index contributed by atoms with van der Waals surface area (Å²) in [5, 5.41) is 4.90. The maximum atomic E-state index is 12.0. The number of ketones is 1. The van der Waals surface area contributed by atoms with E-state index in [4.69, 9.17) is 9.15 Å². The fourth-order valence-electron chi connectivity index (χ4n) is 1.97. The van der Waals surface area contributed by atoms with Crippen LogP contribution in [0.3, 0.4) is 0 Å². The third-order valence-electron chi connectivity index (χ3n) is 3.37. The summed E-state index contributed by atoms with van der Waals surface area (Å²) in [7, 11) is 0. The standard InChI is InChI=1S/C18H18N2O6/c1-11(21)13-5-7-14(8-6-13)20-17(23)12(2)26-16(22)10-19-18(24)15-4-3-9-25-15/h3-9,12H,10H2,1-2H3,(H,19,24)(H,20,23)/t12-/m1/s1. The molecule has 26 heavy (non-hydrogen) atoms. The van der Waals surface area contributed by atoms with Crippen molar-refractivity contribution in [3.8, 4) is 0 Å². The Morgan fingerprint density at radius 2 is 1.81 bits per heavy atom. The van der Waals surface area contributed by atoms with Gasteiger partial charge < -0.3 is 19.8 Å². The van der Waals surface area contributed by atoms with Crippen LogP contribution in [-0.4, -0.2) is 36.2 Å². The zero-order valence-corrected chi connectivity index (χ0v) is 14.3. The van der Waals surface area contributed by atoms with Gasteiger partial charge in [0.25, 0.3) is 11.8 Å². The highest BCUT2D eigenvalue weighted by molar-refractivity contribution is 5.97. The second kappa shape index (κ2) is 8.61. The number of nitrogens with one attached hydrogen (secondary N) is 2. The summed E-state index contributed by atoms with van der Waals surface area (Å²) in [4.78, 5) is 46.6. The smallest absolute Gasteiger partial charge is 0.326 e. The minimum Gasteiger partial charge on any atom is -0.459 e. The van der Waals surface area contributed by atoms with Gasteiger partial charge in [-0.1, -0.05) is 0 Å². The van der Waals surface area contributed by atoms with Crippen molar-refractivity contribution in [3.63, 3.8) is 0 Å². The lowest BCUT2D eigenvalue weighted by Gasteiger charge is -2.14. The van der Waals surface area contributed by atoms with E-state index >= 15 is 0 Å². The summed E-state index contributed by atoms with van der Waals surface area (Å²) < 4.78 is 9.85. The predicted octanol–water partition coefficient (Wildman–Crippen LogP) is 1.78. The first kappa shape index (κ1) is 18.9. The number of rotatable bonds is 7. The summed E-state index contributed by atoms with van der Waals surface area (Å²) in [5.74, 6) is -1.88. The fraction of sp³-hybridized carbons (Fsp3) is 0.222. The van der Waals surface area contributed by atoms with Crippen LogP contribution in [0.15, 0.2) is 47.1 Å². The van der Waals surface area contributed by atoms with Gasteiger partial charge in [-0.2, -0.15) is 0 Å². The zero-order chi connectivity index (χ0) is 19.1. The van der Waals surface area contributed by atoms with Crippen molar-refractivity contribution in [1.82, 2.24) is 5.32 Å². The molecule has 0 saturated heterocycles. The third kappa shape index (κ3) is 5.30. The Morgan fingerprint density at radius 1 is 1.12 bits per heavy atom. The molecule has 0 radical (unpaired) electrons. The number of carbonyl (C=O) groups excluding carboxylic acids is 4. The Balaban J connectivity index is 1.79. The molecule has 8 nitrogen and oxygen atoms in total. The molecule has 1 aromatic heterocycles.